The maximum absolute atomic E-state index is 11.4. The van der Waals surface area contributed by atoms with E-state index >= 15 is 0 Å². The van der Waals surface area contributed by atoms with E-state index in [2.05, 4.69) is 5.32 Å². The van der Waals surface area contributed by atoms with Crippen LogP contribution in [0.5, 0.6) is 0 Å². The molecule has 0 saturated carbocycles. The van der Waals surface area contributed by atoms with Crippen LogP contribution in [0, 0.1) is 0 Å². The standard InChI is InChI=1S/C10H14N2O4/c1-12(7-8-3-2-6-16-8)10(15)11-5-4-9(13)14/h2-3,6H,4-5,7H2,1H3,(H,11,15)(H,13,14). The van der Waals surface area contributed by atoms with Crippen molar-refractivity contribution >= 4 is 12.0 Å². The monoisotopic (exact) mass is 226 g/mol. The van der Waals surface area contributed by atoms with Crippen LogP contribution in [0.25, 0.3) is 0 Å². The van der Waals surface area contributed by atoms with E-state index in [1.54, 1.807) is 19.2 Å². The highest BCUT2D eigenvalue weighted by atomic mass is 16.4. The highest BCUT2D eigenvalue weighted by molar-refractivity contribution is 5.74. The lowest BCUT2D eigenvalue weighted by Crippen LogP contribution is -2.37. The molecule has 0 aliphatic heterocycles. The van der Waals surface area contributed by atoms with E-state index in [0.29, 0.717) is 12.3 Å². The van der Waals surface area contributed by atoms with Crippen LogP contribution in [0.15, 0.2) is 22.8 Å². The molecule has 0 aliphatic carbocycles. The number of carboxylic acids is 1. The molecule has 1 heterocycles. The lowest BCUT2D eigenvalue weighted by Gasteiger charge is -2.16. The fourth-order valence-electron chi connectivity index (χ4n) is 1.12. The van der Waals surface area contributed by atoms with Gasteiger partial charge in [0.15, 0.2) is 0 Å². The highest BCUT2D eigenvalue weighted by Crippen LogP contribution is 2.03. The lowest BCUT2D eigenvalue weighted by atomic mass is 10.4. The van der Waals surface area contributed by atoms with Crippen molar-refractivity contribution in [1.82, 2.24) is 10.2 Å². The van der Waals surface area contributed by atoms with E-state index in [0.717, 1.165) is 0 Å². The molecule has 0 unspecified atom stereocenters. The van der Waals surface area contributed by atoms with Gasteiger partial charge >= 0.3 is 12.0 Å². The molecule has 0 aliphatic rings. The number of urea groups is 1. The van der Waals surface area contributed by atoms with Gasteiger partial charge in [-0.05, 0) is 12.1 Å². The first-order chi connectivity index (χ1) is 7.59. The van der Waals surface area contributed by atoms with Gasteiger partial charge in [-0.25, -0.2) is 4.79 Å². The summed E-state index contributed by atoms with van der Waals surface area (Å²) in [6, 6.07) is 3.18. The Morgan fingerprint density at radius 1 is 1.56 bits per heavy atom. The molecule has 0 radical (unpaired) electrons. The van der Waals surface area contributed by atoms with Gasteiger partial charge in [-0.15, -0.1) is 0 Å². The molecule has 2 amide bonds. The molecule has 0 saturated heterocycles. The minimum absolute atomic E-state index is 0.0830. The summed E-state index contributed by atoms with van der Waals surface area (Å²) in [5.74, 6) is -0.259. The Hall–Kier alpha value is -1.98. The van der Waals surface area contributed by atoms with Crippen molar-refractivity contribution in [1.29, 1.82) is 0 Å². The molecule has 0 bridgehead atoms. The van der Waals surface area contributed by atoms with Crippen molar-refractivity contribution in [2.24, 2.45) is 0 Å². The summed E-state index contributed by atoms with van der Waals surface area (Å²) in [5, 5.41) is 10.9. The van der Waals surface area contributed by atoms with E-state index < -0.39 is 5.97 Å². The minimum Gasteiger partial charge on any atom is -0.481 e. The van der Waals surface area contributed by atoms with Crippen LogP contribution >= 0.6 is 0 Å². The Kier molecular flexibility index (Phi) is 4.38. The number of carboxylic acid groups (broad SMARTS) is 1. The molecule has 0 aromatic carbocycles. The quantitative estimate of drug-likeness (QED) is 0.781. The average Bonchev–Trinajstić information content (AvgIpc) is 2.69. The van der Waals surface area contributed by atoms with Crippen molar-refractivity contribution in [3.63, 3.8) is 0 Å². The molecule has 16 heavy (non-hydrogen) atoms. The van der Waals surface area contributed by atoms with Crippen LogP contribution in [0.1, 0.15) is 12.2 Å². The summed E-state index contributed by atoms with van der Waals surface area (Å²) >= 11 is 0. The Morgan fingerprint density at radius 3 is 2.88 bits per heavy atom. The third-order valence-electron chi connectivity index (χ3n) is 1.93. The number of aliphatic carboxylic acids is 1. The minimum atomic E-state index is -0.936. The molecule has 1 aromatic rings. The summed E-state index contributed by atoms with van der Waals surface area (Å²) in [6.45, 7) is 0.475. The van der Waals surface area contributed by atoms with E-state index in [1.807, 2.05) is 0 Å². The average molecular weight is 226 g/mol. The molecule has 0 spiro atoms. The number of nitrogens with one attached hydrogen (secondary N) is 1. The topological polar surface area (TPSA) is 82.8 Å². The van der Waals surface area contributed by atoms with Crippen LogP contribution in [-0.2, 0) is 11.3 Å². The molecular weight excluding hydrogens is 212 g/mol. The molecule has 6 heteroatoms. The first-order valence-electron chi connectivity index (χ1n) is 4.82. The second-order valence-electron chi connectivity index (χ2n) is 3.31. The van der Waals surface area contributed by atoms with E-state index in [4.69, 9.17) is 9.52 Å². The fourth-order valence-corrected chi connectivity index (χ4v) is 1.12. The Balaban J connectivity index is 2.28. The number of carbonyl (C=O) groups is 2. The Morgan fingerprint density at radius 2 is 2.31 bits per heavy atom. The molecule has 1 rings (SSSR count). The third kappa shape index (κ3) is 4.04. The number of nitrogens with zero attached hydrogens (tertiary/aromatic N) is 1. The van der Waals surface area contributed by atoms with Gasteiger partial charge in [0.25, 0.3) is 0 Å². The number of carbonyl (C=O) groups excluding carboxylic acids is 1. The second-order valence-corrected chi connectivity index (χ2v) is 3.31. The van der Waals surface area contributed by atoms with E-state index in [9.17, 15) is 9.59 Å². The summed E-state index contributed by atoms with van der Waals surface area (Å²) in [7, 11) is 1.61. The van der Waals surface area contributed by atoms with Gasteiger partial charge < -0.3 is 19.7 Å². The van der Waals surface area contributed by atoms with Gasteiger partial charge in [0.2, 0.25) is 0 Å². The zero-order chi connectivity index (χ0) is 12.0. The molecule has 2 N–H and O–H groups in total. The van der Waals surface area contributed by atoms with Gasteiger partial charge in [0.1, 0.15) is 5.76 Å². The highest BCUT2D eigenvalue weighted by Gasteiger charge is 2.10. The second kappa shape index (κ2) is 5.79. The van der Waals surface area contributed by atoms with E-state index in [1.165, 1.54) is 11.2 Å². The van der Waals surface area contributed by atoms with Gasteiger partial charge in [-0.3, -0.25) is 4.79 Å². The molecule has 0 fully saturated rings. The molecule has 1 aromatic heterocycles. The van der Waals surface area contributed by atoms with Crippen molar-refractivity contribution in [2.45, 2.75) is 13.0 Å². The van der Waals surface area contributed by atoms with Gasteiger partial charge in [-0.2, -0.15) is 0 Å². The Labute approximate surface area is 92.8 Å². The maximum Gasteiger partial charge on any atom is 0.317 e. The predicted molar refractivity (Wildman–Crippen MR) is 55.8 cm³/mol. The van der Waals surface area contributed by atoms with Crippen LogP contribution in [-0.4, -0.2) is 35.6 Å². The first-order valence-corrected chi connectivity index (χ1v) is 4.82. The van der Waals surface area contributed by atoms with Crippen LogP contribution in [0.3, 0.4) is 0 Å². The SMILES string of the molecule is CN(Cc1ccco1)C(=O)NCCC(=O)O. The van der Waals surface area contributed by atoms with Crippen LogP contribution < -0.4 is 5.32 Å². The molecule has 0 atom stereocenters. The smallest absolute Gasteiger partial charge is 0.317 e. The first kappa shape index (κ1) is 12.1. The summed E-state index contributed by atoms with van der Waals surface area (Å²) in [5.41, 5.74) is 0. The lowest BCUT2D eigenvalue weighted by molar-refractivity contribution is -0.136. The van der Waals surface area contributed by atoms with E-state index in [-0.39, 0.29) is 19.0 Å². The van der Waals surface area contributed by atoms with Crippen LogP contribution in [0.2, 0.25) is 0 Å². The van der Waals surface area contributed by atoms with Crippen molar-refractivity contribution in [2.75, 3.05) is 13.6 Å². The third-order valence-corrected chi connectivity index (χ3v) is 1.93. The molecular formula is C10H14N2O4. The normalized spacial score (nSPS) is 9.81. The van der Waals surface area contributed by atoms with Gasteiger partial charge in [0, 0.05) is 13.6 Å². The molecule has 88 valence electrons. The van der Waals surface area contributed by atoms with Crippen molar-refractivity contribution < 1.29 is 19.1 Å². The number of hydrogen-bond donors (Lipinski definition) is 2. The largest absolute Gasteiger partial charge is 0.481 e. The number of rotatable bonds is 5. The van der Waals surface area contributed by atoms with Crippen LogP contribution in [0.4, 0.5) is 4.79 Å². The maximum atomic E-state index is 11.4. The fraction of sp³-hybridized carbons (Fsp3) is 0.400. The number of hydrogen-bond acceptors (Lipinski definition) is 3. The number of amides is 2. The summed E-state index contributed by atoms with van der Waals surface area (Å²) in [4.78, 5) is 23.1. The summed E-state index contributed by atoms with van der Waals surface area (Å²) in [6.07, 6.45) is 1.45. The van der Waals surface area contributed by atoms with Crippen molar-refractivity contribution in [3.8, 4) is 0 Å². The molecule has 6 nitrogen and oxygen atoms in total. The van der Waals surface area contributed by atoms with Crippen molar-refractivity contribution in [3.05, 3.63) is 24.2 Å². The Bertz CT molecular complexity index is 348. The zero-order valence-electron chi connectivity index (χ0n) is 8.97. The van der Waals surface area contributed by atoms with Gasteiger partial charge in [0.05, 0.1) is 19.2 Å². The number of furan rings is 1. The zero-order valence-corrected chi connectivity index (χ0v) is 8.97. The predicted octanol–water partition coefficient (Wildman–Crippen LogP) is 0.896. The summed E-state index contributed by atoms with van der Waals surface area (Å²) < 4.78 is 5.08. The van der Waals surface area contributed by atoms with Gasteiger partial charge in [-0.1, -0.05) is 0 Å².